The first kappa shape index (κ1) is 15.0. The van der Waals surface area contributed by atoms with E-state index in [0.29, 0.717) is 0 Å². The van der Waals surface area contributed by atoms with Gasteiger partial charge in [0.1, 0.15) is 5.69 Å². The molecule has 2 aromatic rings. The summed E-state index contributed by atoms with van der Waals surface area (Å²) in [5.41, 5.74) is 4.86. The number of nitrogens with zero attached hydrogens (tertiary/aromatic N) is 2. The molecule has 2 rings (SSSR count). The summed E-state index contributed by atoms with van der Waals surface area (Å²) in [5.74, 6) is 6.50. The van der Waals surface area contributed by atoms with Crippen molar-refractivity contribution in [3.05, 3.63) is 46.2 Å². The molecule has 1 heterocycles. The van der Waals surface area contributed by atoms with E-state index in [0.717, 1.165) is 34.4 Å². The Bertz CT molecular complexity index is 553. The van der Waals surface area contributed by atoms with E-state index in [9.17, 15) is 0 Å². The molecule has 0 aliphatic rings. The van der Waals surface area contributed by atoms with Crippen LogP contribution in [0.1, 0.15) is 30.6 Å². The quantitative estimate of drug-likeness (QED) is 0.627. The molecule has 6 heteroatoms. The first-order chi connectivity index (χ1) is 9.71. The van der Waals surface area contributed by atoms with Crippen LogP contribution in [0.5, 0.6) is 5.75 Å². The predicted molar refractivity (Wildman–Crippen MR) is 82.4 cm³/mol. The maximum absolute atomic E-state index is 5.76. The van der Waals surface area contributed by atoms with Gasteiger partial charge in [0.25, 0.3) is 0 Å². The van der Waals surface area contributed by atoms with Gasteiger partial charge in [-0.05, 0) is 24.1 Å². The zero-order valence-corrected chi connectivity index (χ0v) is 13.2. The Morgan fingerprint density at radius 2 is 2.10 bits per heavy atom. The molecule has 0 saturated carbocycles. The number of methoxy groups -OCH3 is 1. The molecule has 0 spiro atoms. The Hall–Kier alpha value is -1.37. The van der Waals surface area contributed by atoms with Gasteiger partial charge >= 0.3 is 0 Å². The van der Waals surface area contributed by atoms with Gasteiger partial charge in [-0.3, -0.25) is 10.5 Å². The van der Waals surface area contributed by atoms with Crippen molar-refractivity contribution in [2.24, 2.45) is 5.84 Å². The van der Waals surface area contributed by atoms with Crippen LogP contribution in [0.3, 0.4) is 0 Å². The smallest absolute Gasteiger partial charge is 0.161 e. The van der Waals surface area contributed by atoms with Crippen LogP contribution in [0.25, 0.3) is 0 Å². The fourth-order valence-corrected chi connectivity index (χ4v) is 2.47. The Labute approximate surface area is 127 Å². The summed E-state index contributed by atoms with van der Waals surface area (Å²) in [6.45, 7) is 2.94. The van der Waals surface area contributed by atoms with Crippen molar-refractivity contribution >= 4 is 15.9 Å². The van der Waals surface area contributed by atoms with Crippen LogP contribution in [-0.4, -0.2) is 16.9 Å². The van der Waals surface area contributed by atoms with Crippen LogP contribution in [-0.2, 0) is 6.54 Å². The lowest BCUT2D eigenvalue weighted by Crippen LogP contribution is -2.31. The number of hydrazine groups is 1. The average molecular weight is 339 g/mol. The molecule has 0 fully saturated rings. The van der Waals surface area contributed by atoms with Crippen LogP contribution in [0.15, 0.2) is 34.9 Å². The highest BCUT2D eigenvalue weighted by molar-refractivity contribution is 9.10. The van der Waals surface area contributed by atoms with Crippen molar-refractivity contribution in [2.45, 2.75) is 25.9 Å². The summed E-state index contributed by atoms with van der Waals surface area (Å²) in [7, 11) is 1.64. The average Bonchev–Trinajstić information content (AvgIpc) is 2.85. The van der Waals surface area contributed by atoms with Crippen LogP contribution in [0, 0.1) is 0 Å². The number of aryl methyl sites for hydroxylation is 1. The molecule has 1 aromatic carbocycles. The summed E-state index contributed by atoms with van der Waals surface area (Å²) < 4.78 is 8.38. The van der Waals surface area contributed by atoms with E-state index in [1.165, 1.54) is 0 Å². The number of halogens is 1. The topological polar surface area (TPSA) is 65.1 Å². The minimum absolute atomic E-state index is 0.160. The number of ether oxygens (including phenoxy) is 1. The third kappa shape index (κ3) is 3.03. The largest absolute Gasteiger partial charge is 0.493 e. The summed E-state index contributed by atoms with van der Waals surface area (Å²) in [6, 6.07) is 7.88. The van der Waals surface area contributed by atoms with Crippen molar-refractivity contribution in [3.8, 4) is 5.75 Å². The minimum atomic E-state index is -0.160. The van der Waals surface area contributed by atoms with Gasteiger partial charge in [0.05, 0.1) is 19.3 Å². The van der Waals surface area contributed by atoms with Crippen LogP contribution in [0.2, 0.25) is 0 Å². The van der Waals surface area contributed by atoms with Gasteiger partial charge in [0.2, 0.25) is 0 Å². The Morgan fingerprint density at radius 1 is 1.40 bits per heavy atom. The van der Waals surface area contributed by atoms with E-state index in [2.05, 4.69) is 33.4 Å². The lowest BCUT2D eigenvalue weighted by molar-refractivity contribution is 0.398. The van der Waals surface area contributed by atoms with E-state index in [1.54, 1.807) is 13.3 Å². The van der Waals surface area contributed by atoms with Gasteiger partial charge in [0.15, 0.2) is 5.75 Å². The highest BCUT2D eigenvalue weighted by Crippen LogP contribution is 2.30. The highest BCUT2D eigenvalue weighted by atomic mass is 79.9. The summed E-state index contributed by atoms with van der Waals surface area (Å²) >= 11 is 3.44. The molecule has 0 aliphatic carbocycles. The second kappa shape index (κ2) is 6.88. The van der Waals surface area contributed by atoms with Crippen molar-refractivity contribution < 1.29 is 4.74 Å². The number of hydrogen-bond donors (Lipinski definition) is 2. The Morgan fingerprint density at radius 3 is 2.65 bits per heavy atom. The highest BCUT2D eigenvalue weighted by Gasteiger charge is 2.22. The molecule has 0 aliphatic heterocycles. The van der Waals surface area contributed by atoms with E-state index < -0.39 is 0 Å². The van der Waals surface area contributed by atoms with E-state index in [-0.39, 0.29) is 6.04 Å². The molecular weight excluding hydrogens is 320 g/mol. The standard InChI is InChI=1S/C14H19BrN4O/c1-3-8-19-14(12(20-2)9-17-19)13(18-16)10-4-6-11(15)7-5-10/h4-7,9,13,18H,3,8,16H2,1-2H3. The normalized spacial score (nSPS) is 12.4. The molecule has 1 atom stereocenters. The van der Waals surface area contributed by atoms with Crippen LogP contribution < -0.4 is 16.0 Å². The number of nitrogens with one attached hydrogen (secondary N) is 1. The zero-order valence-electron chi connectivity index (χ0n) is 11.6. The molecule has 1 aromatic heterocycles. The molecule has 20 heavy (non-hydrogen) atoms. The van der Waals surface area contributed by atoms with Crippen molar-refractivity contribution in [3.63, 3.8) is 0 Å². The molecule has 0 radical (unpaired) electrons. The molecule has 108 valence electrons. The van der Waals surface area contributed by atoms with E-state index in [4.69, 9.17) is 10.6 Å². The maximum atomic E-state index is 5.76. The fourth-order valence-electron chi connectivity index (χ4n) is 2.20. The van der Waals surface area contributed by atoms with Crippen molar-refractivity contribution in [1.29, 1.82) is 0 Å². The predicted octanol–water partition coefficient (Wildman–Crippen LogP) is 2.62. The summed E-state index contributed by atoms with van der Waals surface area (Å²) in [6.07, 6.45) is 2.73. The zero-order chi connectivity index (χ0) is 14.5. The van der Waals surface area contributed by atoms with Gasteiger partial charge in [-0.2, -0.15) is 5.10 Å². The lowest BCUT2D eigenvalue weighted by atomic mass is 10.0. The summed E-state index contributed by atoms with van der Waals surface area (Å²) in [4.78, 5) is 0. The van der Waals surface area contributed by atoms with Crippen molar-refractivity contribution in [2.75, 3.05) is 7.11 Å². The maximum Gasteiger partial charge on any atom is 0.161 e. The van der Waals surface area contributed by atoms with E-state index in [1.807, 2.05) is 28.9 Å². The second-order valence-corrected chi connectivity index (χ2v) is 5.39. The lowest BCUT2D eigenvalue weighted by Gasteiger charge is -2.19. The summed E-state index contributed by atoms with van der Waals surface area (Å²) in [5, 5.41) is 4.38. The number of hydrogen-bond acceptors (Lipinski definition) is 4. The van der Waals surface area contributed by atoms with Gasteiger partial charge in [-0.15, -0.1) is 0 Å². The SMILES string of the molecule is CCCn1ncc(OC)c1C(NN)c1ccc(Br)cc1. The molecular formula is C14H19BrN4O. The minimum Gasteiger partial charge on any atom is -0.493 e. The first-order valence-corrected chi connectivity index (χ1v) is 7.31. The molecule has 0 amide bonds. The van der Waals surface area contributed by atoms with Crippen molar-refractivity contribution in [1.82, 2.24) is 15.2 Å². The Kier molecular flexibility index (Phi) is 5.17. The van der Waals surface area contributed by atoms with Gasteiger partial charge in [-0.1, -0.05) is 35.0 Å². The number of aromatic nitrogens is 2. The van der Waals surface area contributed by atoms with E-state index >= 15 is 0 Å². The number of rotatable bonds is 6. The Balaban J connectivity index is 2.44. The molecule has 3 N–H and O–H groups in total. The number of nitrogens with two attached hydrogens (primary N) is 1. The fraction of sp³-hybridized carbons (Fsp3) is 0.357. The molecule has 0 bridgehead atoms. The van der Waals surface area contributed by atoms with Gasteiger partial charge < -0.3 is 4.74 Å². The number of benzene rings is 1. The van der Waals surface area contributed by atoms with Gasteiger partial charge in [0, 0.05) is 11.0 Å². The first-order valence-electron chi connectivity index (χ1n) is 6.52. The van der Waals surface area contributed by atoms with Gasteiger partial charge in [-0.25, -0.2) is 5.43 Å². The molecule has 0 saturated heterocycles. The molecule has 1 unspecified atom stereocenters. The second-order valence-electron chi connectivity index (χ2n) is 4.47. The van der Waals surface area contributed by atoms with Crippen LogP contribution >= 0.6 is 15.9 Å². The third-order valence-electron chi connectivity index (χ3n) is 3.14. The van der Waals surface area contributed by atoms with Crippen LogP contribution in [0.4, 0.5) is 0 Å². The molecule has 5 nitrogen and oxygen atoms in total. The monoisotopic (exact) mass is 338 g/mol. The third-order valence-corrected chi connectivity index (χ3v) is 3.67.